The summed E-state index contributed by atoms with van der Waals surface area (Å²) in [7, 11) is 5.51. The minimum Gasteiger partial charge on any atom is -0.460 e. The number of carbonyl (C=O) groups excluding carboxylic acids is 1. The summed E-state index contributed by atoms with van der Waals surface area (Å²) in [5, 5.41) is 22.8. The van der Waals surface area contributed by atoms with E-state index >= 15 is 0 Å². The van der Waals surface area contributed by atoms with E-state index < -0.39 is 78.0 Å². The standard InChI is InChI=1S/C44H72N2O10/c1-25-23-43(9)39(55-41-35(47)33(45(10)11)22-26(2)51-41)27(3)36(53-34-24-42(8,50-12)38(48)31(7)52-34)28(4)40(49)54-37-29(5)44(25,56-43)46(30(37)6)21-17-16-20-32-18-14-13-15-19-32/h13-15,18-19,25-31,33-39,41,47-48H,16-17,20-24H2,1-12H3/t25-,26-,27+,28-,29+,30-,31+,33+,34+,35-,36+,37+,38+,39-,41+,42-,43-,44+/m1/s1. The van der Waals surface area contributed by atoms with Crippen LogP contribution < -0.4 is 0 Å². The summed E-state index contributed by atoms with van der Waals surface area (Å²) in [6.45, 7) is 19.1. The number of benzene rings is 1. The van der Waals surface area contributed by atoms with E-state index in [0.29, 0.717) is 12.8 Å². The molecule has 0 radical (unpaired) electrons. The number of likely N-dealkylation sites (tertiary alicyclic amines) is 1. The molecular formula is C44H72N2O10. The molecule has 0 amide bonds. The number of likely N-dealkylation sites (N-methyl/N-ethyl adjacent to an activating group) is 1. The number of rotatable bonds is 11. The maximum atomic E-state index is 14.5. The molecule has 12 heteroatoms. The van der Waals surface area contributed by atoms with Gasteiger partial charge in [-0.15, -0.1) is 0 Å². The van der Waals surface area contributed by atoms with Crippen molar-refractivity contribution in [1.82, 2.24) is 9.80 Å². The highest BCUT2D eigenvalue weighted by Crippen LogP contribution is 2.58. The Kier molecular flexibility index (Phi) is 13.4. The zero-order valence-electron chi connectivity index (χ0n) is 36.1. The Morgan fingerprint density at radius 2 is 1.64 bits per heavy atom. The van der Waals surface area contributed by atoms with Gasteiger partial charge < -0.3 is 48.3 Å². The fraction of sp³-hybridized carbons (Fsp3) is 0.841. The van der Waals surface area contributed by atoms with Crippen molar-refractivity contribution in [2.45, 2.75) is 185 Å². The molecule has 5 heterocycles. The van der Waals surface area contributed by atoms with Crippen LogP contribution in [0.25, 0.3) is 0 Å². The van der Waals surface area contributed by atoms with Crippen molar-refractivity contribution in [1.29, 1.82) is 0 Å². The van der Waals surface area contributed by atoms with Gasteiger partial charge in [0.2, 0.25) is 0 Å². The second-order valence-electron chi connectivity index (χ2n) is 18.7. The van der Waals surface area contributed by atoms with E-state index in [1.807, 2.05) is 52.8 Å². The zero-order valence-corrected chi connectivity index (χ0v) is 36.1. The van der Waals surface area contributed by atoms with Gasteiger partial charge in [-0.25, -0.2) is 0 Å². The lowest BCUT2D eigenvalue weighted by molar-refractivity contribution is -0.325. The molecule has 0 saturated carbocycles. The summed E-state index contributed by atoms with van der Waals surface area (Å²) >= 11 is 0. The highest BCUT2D eigenvalue weighted by Gasteiger charge is 2.69. The lowest BCUT2D eigenvalue weighted by atomic mass is 9.77. The number of ether oxygens (including phenoxy) is 7. The number of carbonyl (C=O) groups is 1. The normalized spacial score (nSPS) is 47.5. The van der Waals surface area contributed by atoms with E-state index in [2.05, 4.69) is 56.9 Å². The van der Waals surface area contributed by atoms with Crippen LogP contribution in [0.1, 0.15) is 100.0 Å². The minimum absolute atomic E-state index is 0.0503. The van der Waals surface area contributed by atoms with E-state index in [1.54, 1.807) is 14.0 Å². The van der Waals surface area contributed by atoms with Gasteiger partial charge in [-0.05, 0) is 93.3 Å². The summed E-state index contributed by atoms with van der Waals surface area (Å²) in [5.41, 5.74) is -1.21. The number of hydrogen-bond acceptors (Lipinski definition) is 12. The van der Waals surface area contributed by atoms with Crippen LogP contribution in [-0.4, -0.2) is 138 Å². The van der Waals surface area contributed by atoms with Crippen LogP contribution in [0.5, 0.6) is 0 Å². The Morgan fingerprint density at radius 1 is 0.946 bits per heavy atom. The van der Waals surface area contributed by atoms with Crippen LogP contribution in [0, 0.1) is 23.7 Å². The first kappa shape index (κ1) is 43.9. The minimum atomic E-state index is -0.946. The lowest BCUT2D eigenvalue weighted by Gasteiger charge is -2.49. The first-order valence-electron chi connectivity index (χ1n) is 21.3. The maximum Gasteiger partial charge on any atom is 0.311 e. The number of fused-ring (bicyclic) bond motifs is 2. The molecule has 5 fully saturated rings. The van der Waals surface area contributed by atoms with Crippen molar-refractivity contribution in [2.24, 2.45) is 23.7 Å². The molecule has 0 aliphatic carbocycles. The fourth-order valence-electron chi connectivity index (χ4n) is 11.2. The van der Waals surface area contributed by atoms with Gasteiger partial charge >= 0.3 is 5.97 Å². The van der Waals surface area contributed by atoms with Gasteiger partial charge in [-0.3, -0.25) is 9.69 Å². The van der Waals surface area contributed by atoms with Gasteiger partial charge in [0.1, 0.15) is 24.0 Å². The van der Waals surface area contributed by atoms with Crippen LogP contribution in [-0.2, 0) is 44.4 Å². The molecule has 2 N–H and O–H groups in total. The number of aryl methyl sites for hydroxylation is 1. The molecule has 6 rings (SSSR count). The number of unbranched alkanes of at least 4 members (excludes halogenated alkanes) is 1. The van der Waals surface area contributed by atoms with E-state index in [9.17, 15) is 15.0 Å². The summed E-state index contributed by atoms with van der Waals surface area (Å²) in [5.74, 6) is -1.65. The van der Waals surface area contributed by atoms with Crippen LogP contribution in [0.2, 0.25) is 0 Å². The van der Waals surface area contributed by atoms with Crippen LogP contribution in [0.4, 0.5) is 0 Å². The molecule has 5 aliphatic heterocycles. The molecule has 3 bridgehead atoms. The average Bonchev–Trinajstić information content (AvgIpc) is 3.54. The monoisotopic (exact) mass is 789 g/mol. The molecule has 0 unspecified atom stereocenters. The molecule has 5 saturated heterocycles. The van der Waals surface area contributed by atoms with E-state index in [-0.39, 0.29) is 42.4 Å². The molecule has 5 aliphatic rings. The van der Waals surface area contributed by atoms with Crippen molar-refractivity contribution in [2.75, 3.05) is 27.7 Å². The smallest absolute Gasteiger partial charge is 0.311 e. The summed E-state index contributed by atoms with van der Waals surface area (Å²) in [6, 6.07) is 10.3. The molecule has 18 atom stereocenters. The third kappa shape index (κ3) is 8.10. The molecule has 12 nitrogen and oxygen atoms in total. The average molecular weight is 789 g/mol. The Bertz CT molecular complexity index is 1470. The molecule has 1 aromatic carbocycles. The van der Waals surface area contributed by atoms with Gasteiger partial charge in [0.25, 0.3) is 0 Å². The second kappa shape index (κ2) is 17.1. The molecule has 318 valence electrons. The van der Waals surface area contributed by atoms with Gasteiger partial charge in [-0.1, -0.05) is 51.1 Å². The number of aliphatic hydroxyl groups excluding tert-OH is 2. The largest absolute Gasteiger partial charge is 0.460 e. The summed E-state index contributed by atoms with van der Waals surface area (Å²) in [4.78, 5) is 19.0. The maximum absolute atomic E-state index is 14.5. The topological polar surface area (TPSA) is 129 Å². The first-order chi connectivity index (χ1) is 26.4. The molecule has 56 heavy (non-hydrogen) atoms. The highest BCUT2D eigenvalue weighted by atomic mass is 16.7. The van der Waals surface area contributed by atoms with Crippen molar-refractivity contribution in [3.05, 3.63) is 35.9 Å². The lowest BCUT2D eigenvalue weighted by Crippen LogP contribution is -2.61. The predicted molar refractivity (Wildman–Crippen MR) is 211 cm³/mol. The third-order valence-corrected chi connectivity index (χ3v) is 14.4. The van der Waals surface area contributed by atoms with Gasteiger partial charge in [0.15, 0.2) is 12.6 Å². The Balaban J connectivity index is 1.38. The van der Waals surface area contributed by atoms with Crippen LogP contribution in [0.3, 0.4) is 0 Å². The SMILES string of the molecule is CO[C@]1(C)C[C@H](O[C@H]2[C@H](C)[C@@H](O[C@@H]3O[C@H](C)C[C@H](N(C)C)[C@H]3O)[C@@]3(C)C[C@@H](C)[C@]4(O3)[C@@H](C)[C@H](OC(=O)[C@@H]2C)[C@@H](C)N4CCCCc2ccccc2)O[C@@H](C)[C@@H]1O. The Labute approximate surface area is 335 Å². The number of nitrogens with zero attached hydrogens (tertiary/aromatic N) is 2. The third-order valence-electron chi connectivity index (χ3n) is 14.4. The van der Waals surface area contributed by atoms with Crippen molar-refractivity contribution < 1.29 is 48.2 Å². The second-order valence-corrected chi connectivity index (χ2v) is 18.7. The van der Waals surface area contributed by atoms with Gasteiger partial charge in [0.05, 0.1) is 41.5 Å². The number of esters is 1. The van der Waals surface area contributed by atoms with Crippen molar-refractivity contribution >= 4 is 5.97 Å². The van der Waals surface area contributed by atoms with Crippen molar-refractivity contribution in [3.8, 4) is 0 Å². The molecule has 1 aromatic rings. The quantitative estimate of drug-likeness (QED) is 0.227. The Morgan fingerprint density at radius 3 is 2.30 bits per heavy atom. The molecular weight excluding hydrogens is 716 g/mol. The Hall–Kier alpha value is -1.71. The molecule has 0 aromatic heterocycles. The fourth-order valence-corrected chi connectivity index (χ4v) is 11.2. The first-order valence-corrected chi connectivity index (χ1v) is 21.3. The van der Waals surface area contributed by atoms with Gasteiger partial charge in [-0.2, -0.15) is 0 Å². The summed E-state index contributed by atoms with van der Waals surface area (Å²) < 4.78 is 46.8. The molecule has 1 spiro atoms. The van der Waals surface area contributed by atoms with Crippen LogP contribution >= 0.6 is 0 Å². The zero-order chi connectivity index (χ0) is 40.9. The van der Waals surface area contributed by atoms with Crippen LogP contribution in [0.15, 0.2) is 30.3 Å². The van der Waals surface area contributed by atoms with Crippen molar-refractivity contribution in [3.63, 3.8) is 0 Å². The number of hydrogen-bond donors (Lipinski definition) is 2. The summed E-state index contributed by atoms with van der Waals surface area (Å²) in [6.07, 6.45) is -1.55. The van der Waals surface area contributed by atoms with E-state index in [0.717, 1.165) is 25.8 Å². The number of methoxy groups -OCH3 is 1. The predicted octanol–water partition coefficient (Wildman–Crippen LogP) is 5.16. The van der Waals surface area contributed by atoms with Gasteiger partial charge in [0, 0.05) is 49.9 Å². The highest BCUT2D eigenvalue weighted by molar-refractivity contribution is 5.73. The number of aliphatic hydroxyl groups is 2. The van der Waals surface area contributed by atoms with E-state index in [1.165, 1.54) is 5.56 Å². The van der Waals surface area contributed by atoms with E-state index in [4.69, 9.17) is 33.2 Å².